The SMILES string of the molecule is O=c1cc2c(nn1CCN1CCN(c3cc(C4CC4)ncn3)CC1)CCSC2. The van der Waals surface area contributed by atoms with Gasteiger partial charge in [-0.25, -0.2) is 14.6 Å². The van der Waals surface area contributed by atoms with E-state index in [9.17, 15) is 4.79 Å². The van der Waals surface area contributed by atoms with Crippen LogP contribution < -0.4 is 10.5 Å². The van der Waals surface area contributed by atoms with Crippen molar-refractivity contribution in [3.8, 4) is 0 Å². The molecule has 0 bridgehead atoms. The van der Waals surface area contributed by atoms with Crippen LogP contribution in [0.5, 0.6) is 0 Å². The van der Waals surface area contributed by atoms with Gasteiger partial charge in [0.1, 0.15) is 12.1 Å². The monoisotopic (exact) mass is 398 g/mol. The molecule has 0 unspecified atom stereocenters. The minimum Gasteiger partial charge on any atom is -0.354 e. The zero-order valence-electron chi connectivity index (χ0n) is 16.1. The Morgan fingerprint density at radius 2 is 1.93 bits per heavy atom. The first-order valence-electron chi connectivity index (χ1n) is 10.2. The molecule has 5 rings (SSSR count). The van der Waals surface area contributed by atoms with Crippen molar-refractivity contribution >= 4 is 17.6 Å². The third-order valence-corrected chi connectivity index (χ3v) is 6.91. The number of aromatic nitrogens is 4. The van der Waals surface area contributed by atoms with E-state index in [1.807, 2.05) is 11.8 Å². The van der Waals surface area contributed by atoms with Crippen LogP contribution in [-0.4, -0.2) is 63.1 Å². The molecule has 148 valence electrons. The Bertz CT molecular complexity index is 904. The fourth-order valence-electron chi connectivity index (χ4n) is 3.99. The van der Waals surface area contributed by atoms with Crippen molar-refractivity contribution in [1.29, 1.82) is 0 Å². The highest BCUT2D eigenvalue weighted by Gasteiger charge is 2.26. The van der Waals surface area contributed by atoms with Crippen molar-refractivity contribution in [2.75, 3.05) is 43.4 Å². The number of fused-ring (bicyclic) bond motifs is 1. The molecule has 2 aromatic rings. The summed E-state index contributed by atoms with van der Waals surface area (Å²) in [5, 5.41) is 4.63. The maximum Gasteiger partial charge on any atom is 0.267 e. The molecule has 2 fully saturated rings. The summed E-state index contributed by atoms with van der Waals surface area (Å²) in [6.45, 7) is 5.43. The summed E-state index contributed by atoms with van der Waals surface area (Å²) in [4.78, 5) is 26.0. The van der Waals surface area contributed by atoms with Crippen LogP contribution in [0.25, 0.3) is 0 Å². The van der Waals surface area contributed by atoms with E-state index in [1.165, 1.54) is 18.5 Å². The van der Waals surface area contributed by atoms with Gasteiger partial charge < -0.3 is 4.90 Å². The molecule has 1 aliphatic carbocycles. The maximum atomic E-state index is 12.3. The van der Waals surface area contributed by atoms with Crippen LogP contribution >= 0.6 is 11.8 Å². The number of rotatable bonds is 5. The minimum absolute atomic E-state index is 0.0356. The topological polar surface area (TPSA) is 67.2 Å². The lowest BCUT2D eigenvalue weighted by Crippen LogP contribution is -2.48. The molecule has 28 heavy (non-hydrogen) atoms. The van der Waals surface area contributed by atoms with Gasteiger partial charge in [0.05, 0.1) is 12.2 Å². The van der Waals surface area contributed by atoms with E-state index in [-0.39, 0.29) is 5.56 Å². The summed E-state index contributed by atoms with van der Waals surface area (Å²) >= 11 is 1.88. The Morgan fingerprint density at radius 3 is 2.75 bits per heavy atom. The van der Waals surface area contributed by atoms with Gasteiger partial charge in [0.2, 0.25) is 0 Å². The molecule has 2 aliphatic heterocycles. The molecular formula is C20H26N6OS. The van der Waals surface area contributed by atoms with Crippen LogP contribution in [-0.2, 0) is 18.7 Å². The Kier molecular flexibility index (Phi) is 5.07. The summed E-state index contributed by atoms with van der Waals surface area (Å²) in [6.07, 6.45) is 5.21. The van der Waals surface area contributed by atoms with Crippen LogP contribution in [0.4, 0.5) is 5.82 Å². The first-order chi connectivity index (χ1) is 13.8. The second-order valence-electron chi connectivity index (χ2n) is 7.88. The number of hydrogen-bond donors (Lipinski definition) is 0. The van der Waals surface area contributed by atoms with Gasteiger partial charge >= 0.3 is 0 Å². The second kappa shape index (κ2) is 7.83. The Labute approximate surface area is 169 Å². The minimum atomic E-state index is 0.0356. The maximum absolute atomic E-state index is 12.3. The highest BCUT2D eigenvalue weighted by molar-refractivity contribution is 7.98. The second-order valence-corrected chi connectivity index (χ2v) is 8.99. The van der Waals surface area contributed by atoms with E-state index in [0.29, 0.717) is 12.5 Å². The zero-order chi connectivity index (χ0) is 18.9. The van der Waals surface area contributed by atoms with E-state index >= 15 is 0 Å². The smallest absolute Gasteiger partial charge is 0.267 e. The van der Waals surface area contributed by atoms with E-state index in [0.717, 1.165) is 67.7 Å². The van der Waals surface area contributed by atoms with Crippen LogP contribution in [0.15, 0.2) is 23.3 Å². The van der Waals surface area contributed by atoms with E-state index in [2.05, 4.69) is 30.9 Å². The molecule has 1 saturated carbocycles. The van der Waals surface area contributed by atoms with E-state index < -0.39 is 0 Å². The first kappa shape index (κ1) is 18.1. The summed E-state index contributed by atoms with van der Waals surface area (Å²) in [7, 11) is 0. The molecule has 0 amide bonds. The van der Waals surface area contributed by atoms with Gasteiger partial charge in [0.25, 0.3) is 5.56 Å². The van der Waals surface area contributed by atoms with Gasteiger partial charge in [-0.2, -0.15) is 16.9 Å². The molecule has 7 nitrogen and oxygen atoms in total. The average molecular weight is 399 g/mol. The predicted molar refractivity (Wildman–Crippen MR) is 111 cm³/mol. The number of anilines is 1. The zero-order valence-corrected chi connectivity index (χ0v) is 16.9. The van der Waals surface area contributed by atoms with E-state index in [1.54, 1.807) is 17.1 Å². The lowest BCUT2D eigenvalue weighted by Gasteiger charge is -2.35. The molecule has 8 heteroatoms. The van der Waals surface area contributed by atoms with Gasteiger partial charge in [0, 0.05) is 68.6 Å². The van der Waals surface area contributed by atoms with Gasteiger partial charge in [0.15, 0.2) is 0 Å². The molecule has 4 heterocycles. The number of piperazine rings is 1. The van der Waals surface area contributed by atoms with Crippen LogP contribution in [0, 0.1) is 0 Å². The number of thioether (sulfide) groups is 1. The van der Waals surface area contributed by atoms with Crippen molar-refractivity contribution in [2.45, 2.75) is 37.5 Å². The molecular weight excluding hydrogens is 372 g/mol. The lowest BCUT2D eigenvalue weighted by molar-refractivity contribution is 0.242. The normalized spacial score (nSPS) is 20.2. The van der Waals surface area contributed by atoms with Crippen LogP contribution in [0.1, 0.15) is 35.7 Å². The van der Waals surface area contributed by atoms with Crippen LogP contribution in [0.3, 0.4) is 0 Å². The van der Waals surface area contributed by atoms with Gasteiger partial charge in [-0.3, -0.25) is 9.69 Å². The molecule has 0 spiro atoms. The highest BCUT2D eigenvalue weighted by atomic mass is 32.2. The fraction of sp³-hybridized carbons (Fsp3) is 0.600. The number of aryl methyl sites for hydroxylation is 1. The molecule has 0 atom stereocenters. The lowest BCUT2D eigenvalue weighted by atomic mass is 10.2. The molecule has 2 aromatic heterocycles. The van der Waals surface area contributed by atoms with Crippen molar-refractivity contribution < 1.29 is 0 Å². The van der Waals surface area contributed by atoms with Crippen molar-refractivity contribution in [3.05, 3.63) is 45.8 Å². The molecule has 1 saturated heterocycles. The quantitative estimate of drug-likeness (QED) is 0.756. The summed E-state index contributed by atoms with van der Waals surface area (Å²) in [6, 6.07) is 3.96. The van der Waals surface area contributed by atoms with Crippen molar-refractivity contribution in [1.82, 2.24) is 24.6 Å². The Hall–Kier alpha value is -1.93. The fourth-order valence-corrected chi connectivity index (χ4v) is 4.94. The van der Waals surface area contributed by atoms with Crippen molar-refractivity contribution in [2.24, 2.45) is 0 Å². The average Bonchev–Trinajstić information content (AvgIpc) is 3.58. The van der Waals surface area contributed by atoms with Gasteiger partial charge in [-0.05, 0) is 24.2 Å². The summed E-state index contributed by atoms with van der Waals surface area (Å²) < 4.78 is 1.66. The Morgan fingerprint density at radius 1 is 1.07 bits per heavy atom. The highest BCUT2D eigenvalue weighted by Crippen LogP contribution is 2.39. The standard InChI is InChI=1S/C20H26N6OS/c27-20-11-16-13-28-10-3-17(16)23-26(20)9-6-24-4-7-25(8-5-24)19-12-18(15-1-2-15)21-14-22-19/h11-12,14-15H,1-10,13H2. The number of nitrogens with zero attached hydrogens (tertiary/aromatic N) is 6. The number of hydrogen-bond acceptors (Lipinski definition) is 7. The Balaban J connectivity index is 1.17. The summed E-state index contributed by atoms with van der Waals surface area (Å²) in [5.41, 5.74) is 3.47. The largest absolute Gasteiger partial charge is 0.354 e. The van der Waals surface area contributed by atoms with Gasteiger partial charge in [-0.15, -0.1) is 0 Å². The third kappa shape index (κ3) is 3.93. The van der Waals surface area contributed by atoms with Crippen LogP contribution in [0.2, 0.25) is 0 Å². The first-order valence-corrected chi connectivity index (χ1v) is 11.4. The molecule has 0 N–H and O–H groups in total. The molecule has 3 aliphatic rings. The predicted octanol–water partition coefficient (Wildman–Crippen LogP) is 1.52. The third-order valence-electron chi connectivity index (χ3n) is 5.90. The summed E-state index contributed by atoms with van der Waals surface area (Å²) in [5.74, 6) is 3.74. The van der Waals surface area contributed by atoms with Gasteiger partial charge in [-0.1, -0.05) is 0 Å². The van der Waals surface area contributed by atoms with Crippen molar-refractivity contribution in [3.63, 3.8) is 0 Å². The van der Waals surface area contributed by atoms with E-state index in [4.69, 9.17) is 0 Å². The molecule has 0 radical (unpaired) electrons. The molecule has 0 aromatic carbocycles.